The van der Waals surface area contributed by atoms with E-state index < -0.39 is 0 Å². The van der Waals surface area contributed by atoms with Gasteiger partial charge in [-0.15, -0.1) is 0 Å². The highest BCUT2D eigenvalue weighted by atomic mass is 32.2. The SMILES string of the molecule is C1CCC2(CC1)CC2CNC1CSCCSC1. The second-order valence-corrected chi connectivity index (χ2v) is 8.38. The lowest BCUT2D eigenvalue weighted by atomic mass is 9.84. The molecule has 0 bridgehead atoms. The van der Waals surface area contributed by atoms with Gasteiger partial charge in [0.25, 0.3) is 0 Å². The first kappa shape index (κ1) is 12.7. The Morgan fingerprint density at radius 2 is 1.71 bits per heavy atom. The van der Waals surface area contributed by atoms with E-state index in [2.05, 4.69) is 28.8 Å². The molecule has 1 spiro atoms. The molecule has 1 unspecified atom stereocenters. The Labute approximate surface area is 114 Å². The minimum Gasteiger partial charge on any atom is -0.312 e. The number of hydrogen-bond donors (Lipinski definition) is 1. The predicted molar refractivity (Wildman–Crippen MR) is 80.1 cm³/mol. The quantitative estimate of drug-likeness (QED) is 0.845. The maximum absolute atomic E-state index is 3.85. The molecule has 1 N–H and O–H groups in total. The van der Waals surface area contributed by atoms with E-state index in [0.717, 1.165) is 17.4 Å². The fraction of sp³-hybridized carbons (Fsp3) is 1.00. The average Bonchev–Trinajstić information content (AvgIpc) is 3.08. The van der Waals surface area contributed by atoms with Crippen molar-refractivity contribution in [3.63, 3.8) is 0 Å². The predicted octanol–water partition coefficient (Wildman–Crippen LogP) is 3.40. The molecule has 98 valence electrons. The Morgan fingerprint density at radius 3 is 2.41 bits per heavy atom. The molecule has 3 heteroatoms. The zero-order chi connectivity index (χ0) is 11.6. The summed E-state index contributed by atoms with van der Waals surface area (Å²) in [7, 11) is 0. The first-order chi connectivity index (χ1) is 8.39. The highest BCUT2D eigenvalue weighted by Gasteiger charge is 2.53. The van der Waals surface area contributed by atoms with Crippen molar-refractivity contribution in [3.8, 4) is 0 Å². The van der Waals surface area contributed by atoms with E-state index in [-0.39, 0.29) is 0 Å². The van der Waals surface area contributed by atoms with Crippen LogP contribution < -0.4 is 5.32 Å². The lowest BCUT2D eigenvalue weighted by molar-refractivity contribution is 0.302. The zero-order valence-electron chi connectivity index (χ0n) is 10.7. The Balaban J connectivity index is 1.40. The van der Waals surface area contributed by atoms with Crippen molar-refractivity contribution >= 4 is 23.5 Å². The summed E-state index contributed by atoms with van der Waals surface area (Å²) in [6.45, 7) is 1.31. The number of thioether (sulfide) groups is 2. The highest BCUT2D eigenvalue weighted by Crippen LogP contribution is 2.61. The van der Waals surface area contributed by atoms with Crippen LogP contribution in [0.5, 0.6) is 0 Å². The Morgan fingerprint density at radius 1 is 1.00 bits per heavy atom. The third-order valence-corrected chi connectivity index (χ3v) is 7.39. The van der Waals surface area contributed by atoms with Gasteiger partial charge in [-0.1, -0.05) is 19.3 Å². The van der Waals surface area contributed by atoms with Gasteiger partial charge in [0.05, 0.1) is 0 Å². The minimum atomic E-state index is 0.786. The van der Waals surface area contributed by atoms with Crippen LogP contribution in [0, 0.1) is 11.3 Å². The fourth-order valence-electron chi connectivity index (χ4n) is 3.63. The van der Waals surface area contributed by atoms with Crippen molar-refractivity contribution in [2.75, 3.05) is 29.6 Å². The van der Waals surface area contributed by atoms with Crippen molar-refractivity contribution in [1.29, 1.82) is 0 Å². The van der Waals surface area contributed by atoms with Crippen LogP contribution in [0.4, 0.5) is 0 Å². The molecule has 2 saturated carbocycles. The number of rotatable bonds is 3. The van der Waals surface area contributed by atoms with Crippen LogP contribution in [0.25, 0.3) is 0 Å². The van der Waals surface area contributed by atoms with Crippen LogP contribution in [-0.2, 0) is 0 Å². The van der Waals surface area contributed by atoms with Crippen molar-refractivity contribution in [2.45, 2.75) is 44.6 Å². The molecule has 0 aromatic rings. The molecule has 1 saturated heterocycles. The largest absolute Gasteiger partial charge is 0.312 e. The van der Waals surface area contributed by atoms with E-state index >= 15 is 0 Å². The van der Waals surface area contributed by atoms with Gasteiger partial charge in [0.1, 0.15) is 0 Å². The molecular weight excluding hydrogens is 246 g/mol. The lowest BCUT2D eigenvalue weighted by Crippen LogP contribution is -2.35. The van der Waals surface area contributed by atoms with E-state index in [1.807, 2.05) is 0 Å². The Kier molecular flexibility index (Phi) is 4.29. The summed E-state index contributed by atoms with van der Waals surface area (Å²) < 4.78 is 0. The monoisotopic (exact) mass is 271 g/mol. The molecule has 0 aromatic heterocycles. The summed E-state index contributed by atoms with van der Waals surface area (Å²) >= 11 is 4.28. The smallest absolute Gasteiger partial charge is 0.0248 e. The third kappa shape index (κ3) is 3.16. The lowest BCUT2D eigenvalue weighted by Gasteiger charge is -2.23. The molecule has 17 heavy (non-hydrogen) atoms. The molecule has 1 aliphatic heterocycles. The maximum atomic E-state index is 3.85. The van der Waals surface area contributed by atoms with Crippen molar-refractivity contribution < 1.29 is 0 Å². The van der Waals surface area contributed by atoms with E-state index in [0.29, 0.717) is 0 Å². The molecule has 0 radical (unpaired) electrons. The first-order valence-electron chi connectivity index (χ1n) is 7.28. The van der Waals surface area contributed by atoms with Gasteiger partial charge in [0, 0.05) is 29.1 Å². The molecule has 2 aliphatic carbocycles. The molecule has 1 heterocycles. The number of nitrogens with one attached hydrogen (secondary N) is 1. The second kappa shape index (κ2) is 5.75. The topological polar surface area (TPSA) is 12.0 Å². The average molecular weight is 271 g/mol. The standard InChI is InChI=1S/C14H25NS2/c1-2-4-14(5-3-1)8-12(14)9-15-13-10-16-6-7-17-11-13/h12-13,15H,1-11H2. The summed E-state index contributed by atoms with van der Waals surface area (Å²) in [5.41, 5.74) is 0.816. The van der Waals surface area contributed by atoms with Crippen LogP contribution in [0.1, 0.15) is 38.5 Å². The van der Waals surface area contributed by atoms with Crippen LogP contribution in [0.15, 0.2) is 0 Å². The van der Waals surface area contributed by atoms with E-state index in [9.17, 15) is 0 Å². The zero-order valence-corrected chi connectivity index (χ0v) is 12.4. The van der Waals surface area contributed by atoms with Crippen LogP contribution in [0.2, 0.25) is 0 Å². The maximum Gasteiger partial charge on any atom is 0.0248 e. The Bertz CT molecular complexity index is 243. The summed E-state index contributed by atoms with van der Waals surface area (Å²) in [5.74, 6) is 6.42. The van der Waals surface area contributed by atoms with Crippen LogP contribution in [-0.4, -0.2) is 35.6 Å². The molecule has 0 aromatic carbocycles. The van der Waals surface area contributed by atoms with E-state index in [4.69, 9.17) is 0 Å². The Hall–Kier alpha value is 0.660. The van der Waals surface area contributed by atoms with E-state index in [1.165, 1.54) is 68.1 Å². The van der Waals surface area contributed by atoms with Gasteiger partial charge in [-0.3, -0.25) is 0 Å². The van der Waals surface area contributed by atoms with Gasteiger partial charge < -0.3 is 5.32 Å². The molecule has 3 fully saturated rings. The third-order valence-electron chi connectivity index (χ3n) is 4.87. The van der Waals surface area contributed by atoms with Crippen molar-refractivity contribution in [3.05, 3.63) is 0 Å². The van der Waals surface area contributed by atoms with Gasteiger partial charge in [-0.25, -0.2) is 0 Å². The molecule has 0 amide bonds. The van der Waals surface area contributed by atoms with Crippen molar-refractivity contribution in [2.24, 2.45) is 11.3 Å². The summed E-state index contributed by atoms with van der Waals surface area (Å²) in [6.07, 6.45) is 9.11. The van der Waals surface area contributed by atoms with Crippen LogP contribution >= 0.6 is 23.5 Å². The fourth-order valence-corrected chi connectivity index (χ4v) is 6.10. The first-order valence-corrected chi connectivity index (χ1v) is 9.59. The van der Waals surface area contributed by atoms with Gasteiger partial charge in [-0.05, 0) is 37.1 Å². The van der Waals surface area contributed by atoms with Gasteiger partial charge in [-0.2, -0.15) is 23.5 Å². The molecule has 1 nitrogen and oxygen atoms in total. The molecule has 1 atom stereocenters. The summed E-state index contributed by atoms with van der Waals surface area (Å²) in [4.78, 5) is 0. The molecular formula is C14H25NS2. The van der Waals surface area contributed by atoms with Gasteiger partial charge in [0.15, 0.2) is 0 Å². The normalized spacial score (nSPS) is 33.5. The number of hydrogen-bond acceptors (Lipinski definition) is 3. The van der Waals surface area contributed by atoms with Gasteiger partial charge in [0.2, 0.25) is 0 Å². The van der Waals surface area contributed by atoms with Crippen molar-refractivity contribution in [1.82, 2.24) is 5.32 Å². The van der Waals surface area contributed by atoms with Crippen LogP contribution in [0.3, 0.4) is 0 Å². The van der Waals surface area contributed by atoms with E-state index in [1.54, 1.807) is 0 Å². The summed E-state index contributed by atoms with van der Waals surface area (Å²) in [5, 5.41) is 3.85. The highest BCUT2D eigenvalue weighted by molar-refractivity contribution is 8.03. The second-order valence-electron chi connectivity index (χ2n) is 6.08. The minimum absolute atomic E-state index is 0.786. The summed E-state index contributed by atoms with van der Waals surface area (Å²) in [6, 6.07) is 0.786. The molecule has 3 aliphatic rings. The van der Waals surface area contributed by atoms with Gasteiger partial charge >= 0.3 is 0 Å². The molecule has 3 rings (SSSR count).